The minimum absolute atomic E-state index is 0.605. The highest BCUT2D eigenvalue weighted by Crippen LogP contribution is 2.21. The van der Waals surface area contributed by atoms with Crippen LogP contribution >= 0.6 is 11.3 Å². The highest BCUT2D eigenvalue weighted by atomic mass is 32.1. The second kappa shape index (κ2) is 7.36. The van der Waals surface area contributed by atoms with E-state index < -0.39 is 0 Å². The molecule has 4 heteroatoms. The molecule has 0 amide bonds. The summed E-state index contributed by atoms with van der Waals surface area (Å²) in [5, 5.41) is 7.00. The molecule has 0 aliphatic carbocycles. The summed E-state index contributed by atoms with van der Waals surface area (Å²) in [5.74, 6) is 0.828. The van der Waals surface area contributed by atoms with E-state index in [9.17, 15) is 0 Å². The fourth-order valence-electron chi connectivity index (χ4n) is 2.89. The van der Waals surface area contributed by atoms with E-state index in [4.69, 9.17) is 0 Å². The number of hydrogen-bond acceptors (Lipinski definition) is 4. The van der Waals surface area contributed by atoms with Gasteiger partial charge in [-0.15, -0.1) is 11.3 Å². The summed E-state index contributed by atoms with van der Waals surface area (Å²) in [6, 6.07) is 0.605. The number of rotatable bonds is 6. The van der Waals surface area contributed by atoms with E-state index in [0.717, 1.165) is 18.2 Å². The number of aryl methyl sites for hydroxylation is 1. The lowest BCUT2D eigenvalue weighted by molar-refractivity contribution is 0.162. The van der Waals surface area contributed by atoms with Crippen LogP contribution in [-0.2, 0) is 6.54 Å². The van der Waals surface area contributed by atoms with Crippen molar-refractivity contribution in [2.75, 3.05) is 19.6 Å². The number of nitrogens with zero attached hydrogens (tertiary/aromatic N) is 2. The predicted molar refractivity (Wildman–Crippen MR) is 82.6 cm³/mol. The molecule has 108 valence electrons. The predicted octanol–water partition coefficient (Wildman–Crippen LogP) is 3.05. The first-order chi connectivity index (χ1) is 9.19. The summed E-state index contributed by atoms with van der Waals surface area (Å²) in [6.45, 7) is 11.4. The molecule has 1 N–H and O–H groups in total. The maximum atomic E-state index is 4.51. The van der Waals surface area contributed by atoms with Crippen molar-refractivity contribution >= 4 is 11.3 Å². The van der Waals surface area contributed by atoms with Crippen LogP contribution in [0.15, 0.2) is 5.38 Å². The zero-order valence-corrected chi connectivity index (χ0v) is 13.3. The van der Waals surface area contributed by atoms with E-state index in [1.54, 1.807) is 11.3 Å². The molecule has 0 aromatic carbocycles. The summed E-state index contributed by atoms with van der Waals surface area (Å²) in [5.41, 5.74) is 1.14. The molecule has 0 spiro atoms. The molecule has 0 radical (unpaired) electrons. The Kier molecular flexibility index (Phi) is 5.79. The van der Waals surface area contributed by atoms with Crippen LogP contribution in [0.4, 0.5) is 0 Å². The minimum atomic E-state index is 0.605. The van der Waals surface area contributed by atoms with Gasteiger partial charge in [-0.2, -0.15) is 0 Å². The lowest BCUT2D eigenvalue weighted by Crippen LogP contribution is -2.41. The molecular weight excluding hydrogens is 254 g/mol. The topological polar surface area (TPSA) is 28.2 Å². The zero-order valence-electron chi connectivity index (χ0n) is 12.5. The van der Waals surface area contributed by atoms with Crippen molar-refractivity contribution in [3.63, 3.8) is 0 Å². The average molecular weight is 281 g/mol. The van der Waals surface area contributed by atoms with Gasteiger partial charge in [0.25, 0.3) is 0 Å². The average Bonchev–Trinajstić information content (AvgIpc) is 2.83. The maximum absolute atomic E-state index is 4.51. The van der Waals surface area contributed by atoms with E-state index >= 15 is 0 Å². The van der Waals surface area contributed by atoms with Crippen molar-refractivity contribution in [2.45, 2.75) is 52.6 Å². The van der Waals surface area contributed by atoms with Crippen LogP contribution < -0.4 is 5.32 Å². The van der Waals surface area contributed by atoms with Gasteiger partial charge in [-0.3, -0.25) is 0 Å². The molecule has 1 fully saturated rings. The molecular formula is C15H27N3S. The smallest absolute Gasteiger partial charge is 0.107 e. The van der Waals surface area contributed by atoms with E-state index in [0.29, 0.717) is 6.04 Å². The summed E-state index contributed by atoms with van der Waals surface area (Å²) in [4.78, 5) is 7.12. The van der Waals surface area contributed by atoms with Gasteiger partial charge in [0.15, 0.2) is 0 Å². The summed E-state index contributed by atoms with van der Waals surface area (Å²) in [6.07, 6.45) is 3.96. The third-order valence-electron chi connectivity index (χ3n) is 4.12. The SMILES string of the molecule is CCCN1CCC(C(C)NCc2nc(C)cs2)CC1. The first-order valence-electron chi connectivity index (χ1n) is 7.55. The molecule has 19 heavy (non-hydrogen) atoms. The summed E-state index contributed by atoms with van der Waals surface area (Å²) >= 11 is 1.76. The van der Waals surface area contributed by atoms with Crippen molar-refractivity contribution in [1.29, 1.82) is 0 Å². The molecule has 2 rings (SSSR count). The molecule has 0 saturated carbocycles. The molecule has 0 bridgehead atoms. The normalized spacial score (nSPS) is 19.7. The second-order valence-corrected chi connectivity index (χ2v) is 6.67. The van der Waals surface area contributed by atoms with Crippen LogP contribution in [0, 0.1) is 12.8 Å². The number of nitrogens with one attached hydrogen (secondary N) is 1. The quantitative estimate of drug-likeness (QED) is 0.868. The molecule has 1 atom stereocenters. The molecule has 3 nitrogen and oxygen atoms in total. The number of piperidine rings is 1. The Morgan fingerprint density at radius 2 is 2.21 bits per heavy atom. The third-order valence-corrected chi connectivity index (χ3v) is 5.09. The van der Waals surface area contributed by atoms with Gasteiger partial charge in [0.05, 0.1) is 0 Å². The standard InChI is InChI=1S/C15H27N3S/c1-4-7-18-8-5-14(6-9-18)13(3)16-10-15-17-12(2)11-19-15/h11,13-14,16H,4-10H2,1-3H3. The number of thiazole rings is 1. The van der Waals surface area contributed by atoms with Crippen LogP contribution in [0.1, 0.15) is 43.8 Å². The van der Waals surface area contributed by atoms with Crippen molar-refractivity contribution in [3.05, 3.63) is 16.1 Å². The van der Waals surface area contributed by atoms with Gasteiger partial charge in [0.2, 0.25) is 0 Å². The van der Waals surface area contributed by atoms with Crippen molar-refractivity contribution in [2.24, 2.45) is 5.92 Å². The molecule has 1 unspecified atom stereocenters. The monoisotopic (exact) mass is 281 g/mol. The number of likely N-dealkylation sites (tertiary alicyclic amines) is 1. The Hall–Kier alpha value is -0.450. The van der Waals surface area contributed by atoms with Crippen LogP contribution in [0.2, 0.25) is 0 Å². The third kappa shape index (κ3) is 4.55. The second-order valence-electron chi connectivity index (χ2n) is 5.73. The highest BCUT2D eigenvalue weighted by Gasteiger charge is 2.23. The van der Waals surface area contributed by atoms with Crippen molar-refractivity contribution < 1.29 is 0 Å². The fourth-order valence-corrected chi connectivity index (χ4v) is 3.61. The highest BCUT2D eigenvalue weighted by molar-refractivity contribution is 7.09. The van der Waals surface area contributed by atoms with E-state index in [-0.39, 0.29) is 0 Å². The van der Waals surface area contributed by atoms with Gasteiger partial charge in [-0.1, -0.05) is 6.92 Å². The van der Waals surface area contributed by atoms with E-state index in [1.807, 2.05) is 0 Å². The Morgan fingerprint density at radius 1 is 1.47 bits per heavy atom. The van der Waals surface area contributed by atoms with Crippen molar-refractivity contribution in [1.82, 2.24) is 15.2 Å². The molecule has 2 heterocycles. The van der Waals surface area contributed by atoms with Gasteiger partial charge in [0, 0.05) is 23.7 Å². The zero-order chi connectivity index (χ0) is 13.7. The van der Waals surface area contributed by atoms with E-state index in [2.05, 4.69) is 41.4 Å². The fraction of sp³-hybridized carbons (Fsp3) is 0.800. The largest absolute Gasteiger partial charge is 0.308 e. The molecule has 1 saturated heterocycles. The molecule has 1 aromatic heterocycles. The number of hydrogen-bond donors (Lipinski definition) is 1. The lowest BCUT2D eigenvalue weighted by Gasteiger charge is -2.35. The van der Waals surface area contributed by atoms with Crippen LogP contribution in [0.5, 0.6) is 0 Å². The van der Waals surface area contributed by atoms with Gasteiger partial charge in [-0.25, -0.2) is 4.98 Å². The van der Waals surface area contributed by atoms with Gasteiger partial charge < -0.3 is 10.2 Å². The summed E-state index contributed by atoms with van der Waals surface area (Å²) < 4.78 is 0. The molecule has 1 aromatic rings. The van der Waals surface area contributed by atoms with Crippen LogP contribution in [0.25, 0.3) is 0 Å². The van der Waals surface area contributed by atoms with Crippen molar-refractivity contribution in [3.8, 4) is 0 Å². The van der Waals surface area contributed by atoms with E-state index in [1.165, 1.54) is 43.9 Å². The Labute approximate surface area is 121 Å². The van der Waals surface area contributed by atoms with Gasteiger partial charge >= 0.3 is 0 Å². The first-order valence-corrected chi connectivity index (χ1v) is 8.43. The molecule has 1 aliphatic heterocycles. The Balaban J connectivity index is 1.70. The lowest BCUT2D eigenvalue weighted by atomic mass is 9.90. The van der Waals surface area contributed by atoms with Crippen LogP contribution in [-0.4, -0.2) is 35.6 Å². The Morgan fingerprint density at radius 3 is 2.79 bits per heavy atom. The first kappa shape index (κ1) is 14.9. The minimum Gasteiger partial charge on any atom is -0.308 e. The molecule has 1 aliphatic rings. The Bertz CT molecular complexity index is 369. The van der Waals surface area contributed by atoms with Crippen LogP contribution in [0.3, 0.4) is 0 Å². The van der Waals surface area contributed by atoms with Gasteiger partial charge in [-0.05, 0) is 58.7 Å². The maximum Gasteiger partial charge on any atom is 0.107 e. The van der Waals surface area contributed by atoms with Gasteiger partial charge in [0.1, 0.15) is 5.01 Å². The number of aromatic nitrogens is 1. The summed E-state index contributed by atoms with van der Waals surface area (Å²) in [7, 11) is 0.